The van der Waals surface area contributed by atoms with E-state index in [4.69, 9.17) is 9.72 Å². The fourth-order valence-electron chi connectivity index (χ4n) is 4.71. The van der Waals surface area contributed by atoms with E-state index in [1.807, 2.05) is 0 Å². The molecule has 1 fully saturated rings. The van der Waals surface area contributed by atoms with Gasteiger partial charge in [0.2, 0.25) is 0 Å². The van der Waals surface area contributed by atoms with E-state index in [1.54, 1.807) is 0 Å². The fraction of sp³-hybridized carbons (Fsp3) is 0.519. The van der Waals surface area contributed by atoms with Crippen LogP contribution in [0.2, 0.25) is 0 Å². The largest absolute Gasteiger partial charge is 0.493 e. The number of fused-ring (bicyclic) bond motifs is 1. The van der Waals surface area contributed by atoms with Crippen molar-refractivity contribution in [3.05, 3.63) is 59.4 Å². The third-order valence-corrected chi connectivity index (χ3v) is 6.62. The first kappa shape index (κ1) is 21.9. The fourth-order valence-corrected chi connectivity index (χ4v) is 4.71. The van der Waals surface area contributed by atoms with E-state index in [1.165, 1.54) is 61.2 Å². The zero-order valence-electron chi connectivity index (χ0n) is 19.4. The van der Waals surface area contributed by atoms with Gasteiger partial charge in [-0.25, -0.2) is 4.98 Å². The number of hydrogen-bond acceptors (Lipinski definition) is 3. The zero-order chi connectivity index (χ0) is 21.6. The summed E-state index contributed by atoms with van der Waals surface area (Å²) in [5, 5.41) is 0. The molecule has 3 aromatic rings. The van der Waals surface area contributed by atoms with E-state index >= 15 is 0 Å². The molecule has 0 radical (unpaired) electrons. The number of hydrogen-bond donors (Lipinski definition) is 0. The molecule has 1 atom stereocenters. The van der Waals surface area contributed by atoms with Gasteiger partial charge in [-0.1, -0.05) is 37.1 Å². The van der Waals surface area contributed by atoms with Crippen molar-refractivity contribution in [2.45, 2.75) is 71.9 Å². The van der Waals surface area contributed by atoms with Crippen LogP contribution in [0.1, 0.15) is 68.4 Å². The maximum absolute atomic E-state index is 6.08. The molecule has 1 saturated heterocycles. The second-order valence-corrected chi connectivity index (χ2v) is 9.06. The van der Waals surface area contributed by atoms with Crippen LogP contribution < -0.4 is 4.74 Å². The molecule has 0 bridgehead atoms. The second kappa shape index (κ2) is 10.3. The van der Waals surface area contributed by atoms with Gasteiger partial charge in [-0.2, -0.15) is 0 Å². The van der Waals surface area contributed by atoms with Gasteiger partial charge in [0, 0.05) is 6.54 Å². The summed E-state index contributed by atoms with van der Waals surface area (Å²) in [4.78, 5) is 7.71. The number of likely N-dealkylation sites (tertiary alicyclic amines) is 1. The SMILES string of the molecule is Cc1ccc(C)c(OCCCCn2c(C(C)N3CCCCCC3)nc3ccccc32)c1. The molecule has 1 unspecified atom stereocenters. The van der Waals surface area contributed by atoms with E-state index in [-0.39, 0.29) is 0 Å². The number of aromatic nitrogens is 2. The van der Waals surface area contributed by atoms with Crippen LogP contribution in [0.5, 0.6) is 5.75 Å². The summed E-state index contributed by atoms with van der Waals surface area (Å²) < 4.78 is 8.54. The highest BCUT2D eigenvalue weighted by Crippen LogP contribution is 2.27. The molecule has 166 valence electrons. The smallest absolute Gasteiger partial charge is 0.127 e. The third kappa shape index (κ3) is 5.30. The molecule has 0 amide bonds. The average molecular weight is 420 g/mol. The topological polar surface area (TPSA) is 30.3 Å². The van der Waals surface area contributed by atoms with Gasteiger partial charge in [0.05, 0.1) is 23.7 Å². The molecule has 31 heavy (non-hydrogen) atoms. The number of unbranched alkanes of at least 4 members (excludes halogenated alkanes) is 1. The predicted molar refractivity (Wildman–Crippen MR) is 129 cm³/mol. The van der Waals surface area contributed by atoms with Crippen LogP contribution in [-0.4, -0.2) is 34.1 Å². The van der Waals surface area contributed by atoms with E-state index in [9.17, 15) is 0 Å². The Kier molecular flexibility index (Phi) is 7.29. The first-order valence-corrected chi connectivity index (χ1v) is 12.0. The van der Waals surface area contributed by atoms with Crippen molar-refractivity contribution in [1.29, 1.82) is 0 Å². The quantitative estimate of drug-likeness (QED) is 0.393. The molecule has 2 heterocycles. The predicted octanol–water partition coefficient (Wildman–Crippen LogP) is 6.45. The Morgan fingerprint density at radius 2 is 1.74 bits per heavy atom. The van der Waals surface area contributed by atoms with Crippen molar-refractivity contribution < 1.29 is 4.74 Å². The Hall–Kier alpha value is -2.33. The first-order valence-electron chi connectivity index (χ1n) is 12.0. The number of imidazole rings is 1. The summed E-state index contributed by atoms with van der Waals surface area (Å²) in [5.41, 5.74) is 4.83. The minimum atomic E-state index is 0.358. The van der Waals surface area contributed by atoms with Crippen LogP contribution in [0.3, 0.4) is 0 Å². The molecule has 4 heteroatoms. The minimum absolute atomic E-state index is 0.358. The normalized spacial score (nSPS) is 16.4. The number of aryl methyl sites for hydroxylation is 3. The minimum Gasteiger partial charge on any atom is -0.493 e. The van der Waals surface area contributed by atoms with Crippen LogP contribution >= 0.6 is 0 Å². The monoisotopic (exact) mass is 419 g/mol. The number of benzene rings is 2. The molecular formula is C27H37N3O. The number of rotatable bonds is 8. The molecular weight excluding hydrogens is 382 g/mol. The Labute approximate surface area is 187 Å². The van der Waals surface area contributed by atoms with E-state index in [0.29, 0.717) is 6.04 Å². The van der Waals surface area contributed by atoms with Crippen molar-refractivity contribution in [2.24, 2.45) is 0 Å². The van der Waals surface area contributed by atoms with Crippen molar-refractivity contribution in [2.75, 3.05) is 19.7 Å². The van der Waals surface area contributed by atoms with Crippen molar-refractivity contribution >= 4 is 11.0 Å². The Bertz CT molecular complexity index is 985. The Morgan fingerprint density at radius 3 is 2.55 bits per heavy atom. The lowest BCUT2D eigenvalue weighted by atomic mass is 10.1. The van der Waals surface area contributed by atoms with Crippen molar-refractivity contribution in [1.82, 2.24) is 14.5 Å². The van der Waals surface area contributed by atoms with Crippen LogP contribution in [0, 0.1) is 13.8 Å². The van der Waals surface area contributed by atoms with E-state index < -0.39 is 0 Å². The number of ether oxygens (including phenoxy) is 1. The second-order valence-electron chi connectivity index (χ2n) is 9.06. The van der Waals surface area contributed by atoms with Gasteiger partial charge in [-0.3, -0.25) is 4.90 Å². The van der Waals surface area contributed by atoms with Gasteiger partial charge in [-0.15, -0.1) is 0 Å². The average Bonchev–Trinajstić information content (AvgIpc) is 2.94. The summed E-state index contributed by atoms with van der Waals surface area (Å²) >= 11 is 0. The molecule has 4 rings (SSSR count). The van der Waals surface area contributed by atoms with Crippen LogP contribution in [0.25, 0.3) is 11.0 Å². The van der Waals surface area contributed by atoms with Gasteiger partial charge in [0.25, 0.3) is 0 Å². The Balaban J connectivity index is 1.42. The summed E-state index contributed by atoms with van der Waals surface area (Å²) in [6.07, 6.45) is 7.46. The molecule has 0 spiro atoms. The lowest BCUT2D eigenvalue weighted by Gasteiger charge is -2.27. The molecule has 1 aliphatic heterocycles. The maximum Gasteiger partial charge on any atom is 0.127 e. The van der Waals surface area contributed by atoms with E-state index in [2.05, 4.69) is 72.7 Å². The molecule has 1 aromatic heterocycles. The van der Waals surface area contributed by atoms with Crippen LogP contribution in [0.4, 0.5) is 0 Å². The van der Waals surface area contributed by atoms with Crippen molar-refractivity contribution in [3.63, 3.8) is 0 Å². The summed E-state index contributed by atoms with van der Waals surface area (Å²) in [6, 6.07) is 15.4. The summed E-state index contributed by atoms with van der Waals surface area (Å²) in [7, 11) is 0. The van der Waals surface area contributed by atoms with Crippen LogP contribution in [0.15, 0.2) is 42.5 Å². The summed E-state index contributed by atoms with van der Waals surface area (Å²) in [6.45, 7) is 10.7. The molecule has 4 nitrogen and oxygen atoms in total. The van der Waals surface area contributed by atoms with E-state index in [0.717, 1.165) is 37.3 Å². The first-order chi connectivity index (χ1) is 15.1. The molecule has 0 saturated carbocycles. The van der Waals surface area contributed by atoms with Gasteiger partial charge in [0.15, 0.2) is 0 Å². The van der Waals surface area contributed by atoms with Gasteiger partial charge in [-0.05, 0) is 88.9 Å². The highest BCUT2D eigenvalue weighted by atomic mass is 16.5. The Morgan fingerprint density at radius 1 is 0.968 bits per heavy atom. The van der Waals surface area contributed by atoms with Crippen LogP contribution in [-0.2, 0) is 6.54 Å². The van der Waals surface area contributed by atoms with Gasteiger partial charge < -0.3 is 9.30 Å². The highest BCUT2D eigenvalue weighted by molar-refractivity contribution is 5.76. The lowest BCUT2D eigenvalue weighted by Crippen LogP contribution is -2.30. The molecule has 1 aliphatic rings. The lowest BCUT2D eigenvalue weighted by molar-refractivity contribution is 0.207. The number of para-hydroxylation sites is 2. The van der Waals surface area contributed by atoms with Gasteiger partial charge in [0.1, 0.15) is 11.6 Å². The third-order valence-electron chi connectivity index (χ3n) is 6.62. The molecule has 0 N–H and O–H groups in total. The molecule has 2 aromatic carbocycles. The van der Waals surface area contributed by atoms with Crippen molar-refractivity contribution in [3.8, 4) is 5.75 Å². The number of nitrogens with zero attached hydrogens (tertiary/aromatic N) is 3. The van der Waals surface area contributed by atoms with Gasteiger partial charge >= 0.3 is 0 Å². The maximum atomic E-state index is 6.08. The molecule has 0 aliphatic carbocycles. The zero-order valence-corrected chi connectivity index (χ0v) is 19.4. The standard InChI is InChI=1S/C27H37N3O/c1-21-14-15-22(2)26(20-21)31-19-11-10-18-30-25-13-7-6-12-24(25)28-27(30)23(3)29-16-8-4-5-9-17-29/h6-7,12-15,20,23H,4-5,8-11,16-19H2,1-3H3. The summed E-state index contributed by atoms with van der Waals surface area (Å²) in [5.74, 6) is 2.24. The highest BCUT2D eigenvalue weighted by Gasteiger charge is 2.23.